The van der Waals surface area contributed by atoms with Gasteiger partial charge in [0, 0.05) is 12.2 Å². The van der Waals surface area contributed by atoms with Crippen LogP contribution in [0.15, 0.2) is 51.7 Å². The van der Waals surface area contributed by atoms with Gasteiger partial charge in [0.05, 0.1) is 5.52 Å². The number of hydrogen-bond acceptors (Lipinski definition) is 3. The summed E-state index contributed by atoms with van der Waals surface area (Å²) in [5, 5.41) is 3.16. The first-order valence-corrected chi connectivity index (χ1v) is 5.82. The Morgan fingerprint density at radius 3 is 2.95 bits per heavy atom. The van der Waals surface area contributed by atoms with Gasteiger partial charge in [0.2, 0.25) is 0 Å². The first-order chi connectivity index (χ1) is 9.20. The summed E-state index contributed by atoms with van der Waals surface area (Å²) < 4.78 is 17.9. The Balaban J connectivity index is 1.79. The number of nitrogens with one attached hydrogen (secondary N) is 2. The summed E-state index contributed by atoms with van der Waals surface area (Å²) in [6.45, 7) is 0.505. The Labute approximate surface area is 107 Å². The topological polar surface area (TPSA) is 58.0 Å². The first-order valence-electron chi connectivity index (χ1n) is 5.82. The van der Waals surface area contributed by atoms with Crippen molar-refractivity contribution in [1.82, 2.24) is 4.98 Å². The van der Waals surface area contributed by atoms with E-state index in [0.717, 1.165) is 11.3 Å². The lowest BCUT2D eigenvalue weighted by Gasteiger charge is -2.06. The monoisotopic (exact) mass is 258 g/mol. The molecule has 1 aromatic heterocycles. The van der Waals surface area contributed by atoms with Crippen molar-refractivity contribution >= 4 is 16.8 Å². The van der Waals surface area contributed by atoms with Crippen LogP contribution in [0.2, 0.25) is 0 Å². The van der Waals surface area contributed by atoms with E-state index in [1.165, 1.54) is 12.1 Å². The second-order valence-electron chi connectivity index (χ2n) is 4.21. The number of rotatable bonds is 3. The van der Waals surface area contributed by atoms with Gasteiger partial charge in [-0.15, -0.1) is 0 Å². The number of fused-ring (bicyclic) bond motifs is 1. The van der Waals surface area contributed by atoms with E-state index in [1.54, 1.807) is 24.3 Å². The van der Waals surface area contributed by atoms with Crippen LogP contribution >= 0.6 is 0 Å². The number of H-pyrrole nitrogens is 1. The molecule has 0 spiro atoms. The van der Waals surface area contributed by atoms with E-state index in [0.29, 0.717) is 17.6 Å². The molecule has 5 heteroatoms. The first kappa shape index (κ1) is 11.5. The summed E-state index contributed by atoms with van der Waals surface area (Å²) in [6.07, 6.45) is 0. The van der Waals surface area contributed by atoms with E-state index in [1.807, 2.05) is 6.07 Å². The highest BCUT2D eigenvalue weighted by Crippen LogP contribution is 2.17. The van der Waals surface area contributed by atoms with E-state index < -0.39 is 5.76 Å². The zero-order valence-electron chi connectivity index (χ0n) is 9.94. The van der Waals surface area contributed by atoms with Crippen LogP contribution in [0.25, 0.3) is 11.1 Å². The van der Waals surface area contributed by atoms with Gasteiger partial charge < -0.3 is 9.73 Å². The lowest BCUT2D eigenvalue weighted by molar-refractivity contribution is 0.555. The van der Waals surface area contributed by atoms with E-state index in [9.17, 15) is 9.18 Å². The minimum absolute atomic E-state index is 0.256. The molecule has 0 unspecified atom stereocenters. The van der Waals surface area contributed by atoms with Crippen LogP contribution in [0.5, 0.6) is 0 Å². The van der Waals surface area contributed by atoms with Gasteiger partial charge in [0.1, 0.15) is 5.82 Å². The maximum Gasteiger partial charge on any atom is 0.417 e. The Morgan fingerprint density at radius 1 is 1.21 bits per heavy atom. The van der Waals surface area contributed by atoms with Crippen molar-refractivity contribution < 1.29 is 8.81 Å². The molecule has 0 aliphatic heterocycles. The molecule has 2 aromatic carbocycles. The zero-order valence-corrected chi connectivity index (χ0v) is 9.94. The van der Waals surface area contributed by atoms with Crippen molar-refractivity contribution in [3.8, 4) is 0 Å². The van der Waals surface area contributed by atoms with Crippen molar-refractivity contribution in [2.75, 3.05) is 5.32 Å². The Morgan fingerprint density at radius 2 is 2.11 bits per heavy atom. The van der Waals surface area contributed by atoms with Crippen LogP contribution in [-0.4, -0.2) is 4.98 Å². The van der Waals surface area contributed by atoms with Crippen molar-refractivity contribution in [3.63, 3.8) is 0 Å². The molecule has 0 atom stereocenters. The third-order valence-corrected chi connectivity index (χ3v) is 2.80. The van der Waals surface area contributed by atoms with Gasteiger partial charge in [-0.2, -0.15) is 0 Å². The van der Waals surface area contributed by atoms with Crippen LogP contribution in [0.1, 0.15) is 5.56 Å². The normalized spacial score (nSPS) is 10.8. The van der Waals surface area contributed by atoms with Crippen LogP contribution in [0.3, 0.4) is 0 Å². The van der Waals surface area contributed by atoms with Crippen LogP contribution in [0.4, 0.5) is 10.1 Å². The van der Waals surface area contributed by atoms with Gasteiger partial charge in [0.15, 0.2) is 5.58 Å². The van der Waals surface area contributed by atoms with Crippen LogP contribution in [0, 0.1) is 5.82 Å². The highest BCUT2D eigenvalue weighted by atomic mass is 19.1. The van der Waals surface area contributed by atoms with E-state index >= 15 is 0 Å². The molecule has 4 nitrogen and oxygen atoms in total. The Bertz CT molecular complexity index is 776. The van der Waals surface area contributed by atoms with Crippen molar-refractivity contribution in [1.29, 1.82) is 0 Å². The van der Waals surface area contributed by atoms with Crippen LogP contribution in [-0.2, 0) is 6.54 Å². The van der Waals surface area contributed by atoms with Crippen LogP contribution < -0.4 is 11.1 Å². The fraction of sp³-hybridized carbons (Fsp3) is 0.0714. The number of aromatic amines is 1. The summed E-state index contributed by atoms with van der Waals surface area (Å²) >= 11 is 0. The molecular formula is C14H11FN2O2. The summed E-state index contributed by atoms with van der Waals surface area (Å²) in [6, 6.07) is 11.7. The predicted molar refractivity (Wildman–Crippen MR) is 70.6 cm³/mol. The number of oxazole rings is 1. The molecule has 0 amide bonds. The summed E-state index contributed by atoms with van der Waals surface area (Å²) in [5.41, 5.74) is 2.82. The molecule has 2 N–H and O–H groups in total. The second kappa shape index (κ2) is 4.61. The Hall–Kier alpha value is -2.56. The highest BCUT2D eigenvalue weighted by Gasteiger charge is 2.02. The minimum atomic E-state index is -0.475. The van der Waals surface area contributed by atoms with Gasteiger partial charge in [-0.3, -0.25) is 4.98 Å². The quantitative estimate of drug-likeness (QED) is 0.759. The summed E-state index contributed by atoms with van der Waals surface area (Å²) in [5.74, 6) is -0.730. The molecule has 19 heavy (non-hydrogen) atoms. The zero-order chi connectivity index (χ0) is 13.2. The molecule has 0 saturated carbocycles. The third-order valence-electron chi connectivity index (χ3n) is 2.80. The van der Waals surface area contributed by atoms with Gasteiger partial charge in [0.25, 0.3) is 0 Å². The summed E-state index contributed by atoms with van der Waals surface area (Å²) in [4.78, 5) is 13.6. The molecule has 3 rings (SSSR count). The number of aromatic nitrogens is 1. The molecule has 0 saturated heterocycles. The second-order valence-corrected chi connectivity index (χ2v) is 4.21. The molecule has 0 fully saturated rings. The standard InChI is InChI=1S/C14H11FN2O2/c15-10-3-1-2-9(6-10)8-16-11-4-5-13-12(7-11)17-14(18)19-13/h1-7,16H,8H2,(H,17,18). The molecule has 96 valence electrons. The number of benzene rings is 2. The lowest BCUT2D eigenvalue weighted by atomic mass is 10.2. The van der Waals surface area contributed by atoms with E-state index in [4.69, 9.17) is 4.42 Å². The lowest BCUT2D eigenvalue weighted by Crippen LogP contribution is -1.99. The summed E-state index contributed by atoms with van der Waals surface area (Å²) in [7, 11) is 0. The smallest absolute Gasteiger partial charge is 0.408 e. The SMILES string of the molecule is O=c1[nH]c2cc(NCc3cccc(F)c3)ccc2o1. The highest BCUT2D eigenvalue weighted by molar-refractivity contribution is 5.76. The maximum atomic E-state index is 13.0. The van der Waals surface area contributed by atoms with E-state index in [2.05, 4.69) is 10.3 Å². The number of halogens is 1. The molecular weight excluding hydrogens is 247 g/mol. The van der Waals surface area contributed by atoms with Gasteiger partial charge >= 0.3 is 5.76 Å². The molecule has 0 aliphatic rings. The molecule has 0 aliphatic carbocycles. The molecule has 0 bridgehead atoms. The Kier molecular flexibility index (Phi) is 2.79. The fourth-order valence-electron chi connectivity index (χ4n) is 1.91. The number of anilines is 1. The van der Waals surface area contributed by atoms with Gasteiger partial charge in [-0.05, 0) is 35.9 Å². The number of hydrogen-bond donors (Lipinski definition) is 2. The average molecular weight is 258 g/mol. The third kappa shape index (κ3) is 2.49. The fourth-order valence-corrected chi connectivity index (χ4v) is 1.91. The maximum absolute atomic E-state index is 13.0. The molecule has 1 heterocycles. The van der Waals surface area contributed by atoms with Crippen molar-refractivity contribution in [2.45, 2.75) is 6.54 Å². The van der Waals surface area contributed by atoms with Crippen molar-refractivity contribution in [2.24, 2.45) is 0 Å². The van der Waals surface area contributed by atoms with Crippen molar-refractivity contribution in [3.05, 3.63) is 64.4 Å². The molecule has 3 aromatic rings. The van der Waals surface area contributed by atoms with E-state index in [-0.39, 0.29) is 5.82 Å². The minimum Gasteiger partial charge on any atom is -0.408 e. The van der Waals surface area contributed by atoms with Gasteiger partial charge in [-0.25, -0.2) is 9.18 Å². The van der Waals surface area contributed by atoms with Gasteiger partial charge in [-0.1, -0.05) is 12.1 Å². The average Bonchev–Trinajstić information content (AvgIpc) is 2.75. The largest absolute Gasteiger partial charge is 0.417 e. The predicted octanol–water partition coefficient (Wildman–Crippen LogP) is 2.87. The molecule has 0 radical (unpaired) electrons.